The summed E-state index contributed by atoms with van der Waals surface area (Å²) in [6, 6.07) is 4.35. The molecule has 1 aromatic carbocycles. The molecule has 2 rings (SSSR count). The first-order chi connectivity index (χ1) is 9.31. The fourth-order valence-corrected chi connectivity index (χ4v) is 3.11. The summed E-state index contributed by atoms with van der Waals surface area (Å²) in [5.41, 5.74) is 2.63. The van der Waals surface area contributed by atoms with Crippen molar-refractivity contribution in [1.29, 1.82) is 0 Å². The zero-order chi connectivity index (χ0) is 13.5. The first-order valence-electron chi connectivity index (χ1n) is 7.46. The molecule has 0 spiro atoms. The van der Waals surface area contributed by atoms with E-state index in [-0.39, 0.29) is 0 Å². The third-order valence-corrected chi connectivity index (χ3v) is 4.06. The van der Waals surface area contributed by atoms with Crippen LogP contribution >= 0.6 is 15.9 Å². The molecule has 0 amide bonds. The molecule has 0 aromatic heterocycles. The second-order valence-electron chi connectivity index (χ2n) is 5.24. The molecule has 0 atom stereocenters. The average molecular weight is 326 g/mol. The van der Waals surface area contributed by atoms with Crippen LogP contribution in [0.4, 0.5) is 0 Å². The van der Waals surface area contributed by atoms with Gasteiger partial charge in [0.2, 0.25) is 0 Å². The van der Waals surface area contributed by atoms with E-state index in [2.05, 4.69) is 40.3 Å². The summed E-state index contributed by atoms with van der Waals surface area (Å²) in [7, 11) is 0. The van der Waals surface area contributed by atoms with Crippen molar-refractivity contribution in [3.8, 4) is 5.75 Å². The zero-order valence-corrected chi connectivity index (χ0v) is 13.4. The van der Waals surface area contributed by atoms with E-state index < -0.39 is 0 Å². The lowest BCUT2D eigenvalue weighted by Gasteiger charge is -2.10. The number of hydrogen-bond acceptors (Lipinski definition) is 2. The lowest BCUT2D eigenvalue weighted by molar-refractivity contribution is 0.352. The number of ether oxygens (including phenoxy) is 1. The maximum absolute atomic E-state index is 5.73. The Bertz CT molecular complexity index is 406. The monoisotopic (exact) mass is 325 g/mol. The fraction of sp³-hybridized carbons (Fsp3) is 0.625. The molecule has 0 fully saturated rings. The highest BCUT2D eigenvalue weighted by Crippen LogP contribution is 2.32. The minimum absolute atomic E-state index is 0.829. The van der Waals surface area contributed by atoms with Crippen LogP contribution in [0.5, 0.6) is 5.75 Å². The van der Waals surface area contributed by atoms with Crippen LogP contribution < -0.4 is 10.1 Å². The van der Waals surface area contributed by atoms with Gasteiger partial charge in [-0.05, 0) is 30.7 Å². The fourth-order valence-electron chi connectivity index (χ4n) is 2.55. The van der Waals surface area contributed by atoms with Crippen LogP contribution in [0.3, 0.4) is 0 Å². The van der Waals surface area contributed by atoms with Crippen molar-refractivity contribution in [2.24, 2.45) is 0 Å². The van der Waals surface area contributed by atoms with Gasteiger partial charge in [0.25, 0.3) is 0 Å². The van der Waals surface area contributed by atoms with Gasteiger partial charge in [0.1, 0.15) is 5.75 Å². The van der Waals surface area contributed by atoms with E-state index in [1.807, 2.05) is 0 Å². The van der Waals surface area contributed by atoms with Gasteiger partial charge < -0.3 is 10.1 Å². The highest BCUT2D eigenvalue weighted by molar-refractivity contribution is 9.10. The van der Waals surface area contributed by atoms with Gasteiger partial charge >= 0.3 is 0 Å². The van der Waals surface area contributed by atoms with Gasteiger partial charge in [0.15, 0.2) is 0 Å². The lowest BCUT2D eigenvalue weighted by Crippen LogP contribution is -2.15. The van der Waals surface area contributed by atoms with Gasteiger partial charge in [0.05, 0.1) is 6.61 Å². The SMILES string of the molecule is CCCCCCCNCc1cc(Br)cc2c1OCC2. The summed E-state index contributed by atoms with van der Waals surface area (Å²) >= 11 is 3.58. The Kier molecular flexibility index (Phi) is 6.18. The Labute approximate surface area is 125 Å². The van der Waals surface area contributed by atoms with Crippen molar-refractivity contribution in [2.45, 2.75) is 52.0 Å². The van der Waals surface area contributed by atoms with Gasteiger partial charge in [0, 0.05) is 23.0 Å². The van der Waals surface area contributed by atoms with E-state index in [1.54, 1.807) is 0 Å². The standard InChI is InChI=1S/C16H24BrNO/c1-2-3-4-5-6-8-18-12-14-11-15(17)10-13-7-9-19-16(13)14/h10-11,18H,2-9,12H2,1H3. The summed E-state index contributed by atoms with van der Waals surface area (Å²) in [5.74, 6) is 1.11. The minimum Gasteiger partial charge on any atom is -0.493 e. The molecule has 0 aliphatic carbocycles. The molecule has 2 nitrogen and oxygen atoms in total. The van der Waals surface area contributed by atoms with Crippen molar-refractivity contribution >= 4 is 15.9 Å². The Balaban J connectivity index is 1.74. The predicted octanol–water partition coefficient (Wildman–Crippen LogP) is 4.44. The normalized spacial score (nSPS) is 13.4. The average Bonchev–Trinajstić information content (AvgIpc) is 2.85. The molecule has 19 heavy (non-hydrogen) atoms. The van der Waals surface area contributed by atoms with Crippen LogP contribution in [0.1, 0.15) is 50.2 Å². The van der Waals surface area contributed by atoms with E-state index in [1.165, 1.54) is 43.2 Å². The number of fused-ring (bicyclic) bond motifs is 1. The van der Waals surface area contributed by atoms with E-state index in [4.69, 9.17) is 4.74 Å². The number of unbranched alkanes of at least 4 members (excludes halogenated alkanes) is 4. The summed E-state index contributed by atoms with van der Waals surface area (Å²) in [6.07, 6.45) is 7.71. The zero-order valence-electron chi connectivity index (χ0n) is 11.8. The molecule has 0 radical (unpaired) electrons. The van der Waals surface area contributed by atoms with Crippen LogP contribution in [0.15, 0.2) is 16.6 Å². The summed E-state index contributed by atoms with van der Waals surface area (Å²) < 4.78 is 6.90. The first kappa shape index (κ1) is 14.9. The summed E-state index contributed by atoms with van der Waals surface area (Å²) in [5, 5.41) is 3.53. The number of benzene rings is 1. The molecule has 0 bridgehead atoms. The molecule has 1 N–H and O–H groups in total. The molecule has 0 unspecified atom stereocenters. The number of halogens is 1. The first-order valence-corrected chi connectivity index (χ1v) is 8.25. The third kappa shape index (κ3) is 4.50. The maximum atomic E-state index is 5.73. The number of nitrogens with one attached hydrogen (secondary N) is 1. The van der Waals surface area contributed by atoms with E-state index in [9.17, 15) is 0 Å². The Morgan fingerprint density at radius 2 is 2.05 bits per heavy atom. The maximum Gasteiger partial charge on any atom is 0.127 e. The van der Waals surface area contributed by atoms with Crippen LogP contribution in [-0.4, -0.2) is 13.2 Å². The second kappa shape index (κ2) is 7.91. The molecular weight excluding hydrogens is 302 g/mol. The van der Waals surface area contributed by atoms with Crippen LogP contribution in [0.25, 0.3) is 0 Å². The minimum atomic E-state index is 0.829. The van der Waals surface area contributed by atoms with Crippen LogP contribution in [0.2, 0.25) is 0 Å². The lowest BCUT2D eigenvalue weighted by atomic mass is 10.1. The number of rotatable bonds is 8. The van der Waals surface area contributed by atoms with Crippen LogP contribution in [0, 0.1) is 0 Å². The van der Waals surface area contributed by atoms with Gasteiger partial charge in [-0.3, -0.25) is 0 Å². The van der Waals surface area contributed by atoms with Crippen LogP contribution in [-0.2, 0) is 13.0 Å². The van der Waals surface area contributed by atoms with Gasteiger partial charge in [-0.1, -0.05) is 48.5 Å². The molecule has 1 aliphatic rings. The van der Waals surface area contributed by atoms with Crippen molar-refractivity contribution in [3.05, 3.63) is 27.7 Å². The molecular formula is C16H24BrNO. The molecule has 1 aliphatic heterocycles. The molecule has 3 heteroatoms. The molecule has 0 saturated heterocycles. The van der Waals surface area contributed by atoms with E-state index >= 15 is 0 Å². The van der Waals surface area contributed by atoms with Gasteiger partial charge in [-0.25, -0.2) is 0 Å². The third-order valence-electron chi connectivity index (χ3n) is 3.60. The van der Waals surface area contributed by atoms with Crippen molar-refractivity contribution in [1.82, 2.24) is 5.32 Å². The molecule has 1 heterocycles. The second-order valence-corrected chi connectivity index (χ2v) is 6.16. The highest BCUT2D eigenvalue weighted by atomic mass is 79.9. The summed E-state index contributed by atoms with van der Waals surface area (Å²) in [6.45, 7) is 5.10. The Hall–Kier alpha value is -0.540. The van der Waals surface area contributed by atoms with E-state index in [0.29, 0.717) is 0 Å². The molecule has 0 saturated carbocycles. The van der Waals surface area contributed by atoms with Crippen molar-refractivity contribution in [2.75, 3.05) is 13.2 Å². The van der Waals surface area contributed by atoms with Gasteiger partial charge in [-0.2, -0.15) is 0 Å². The number of hydrogen-bond donors (Lipinski definition) is 1. The van der Waals surface area contributed by atoms with Gasteiger partial charge in [-0.15, -0.1) is 0 Å². The topological polar surface area (TPSA) is 21.3 Å². The quantitative estimate of drug-likeness (QED) is 0.713. The largest absolute Gasteiger partial charge is 0.493 e. The highest BCUT2D eigenvalue weighted by Gasteiger charge is 2.16. The predicted molar refractivity (Wildman–Crippen MR) is 83.8 cm³/mol. The van der Waals surface area contributed by atoms with E-state index in [0.717, 1.165) is 36.3 Å². The Morgan fingerprint density at radius 1 is 1.21 bits per heavy atom. The smallest absolute Gasteiger partial charge is 0.127 e. The molecule has 1 aromatic rings. The Morgan fingerprint density at radius 3 is 2.89 bits per heavy atom. The van der Waals surface area contributed by atoms with Crippen molar-refractivity contribution in [3.63, 3.8) is 0 Å². The van der Waals surface area contributed by atoms with Crippen molar-refractivity contribution < 1.29 is 4.74 Å². The molecule has 106 valence electrons. The summed E-state index contributed by atoms with van der Waals surface area (Å²) in [4.78, 5) is 0.